The van der Waals surface area contributed by atoms with Gasteiger partial charge in [-0.2, -0.15) is 13.2 Å². The molecule has 0 aromatic carbocycles. The molecule has 0 radical (unpaired) electrons. The molecule has 0 aliphatic heterocycles. The first kappa shape index (κ1) is 12.1. The van der Waals surface area contributed by atoms with E-state index in [2.05, 4.69) is 0 Å². The molecule has 0 saturated heterocycles. The molecule has 0 saturated carbocycles. The number of urea groups is 1. The lowest BCUT2D eigenvalue weighted by molar-refractivity contribution is -0.138. The smallest absolute Gasteiger partial charge is 0.328 e. The quantitative estimate of drug-likeness (QED) is 0.660. The first-order valence-corrected chi connectivity index (χ1v) is 3.81. The Hall–Kier alpha value is -0.940. The van der Waals surface area contributed by atoms with Crippen LogP contribution in [-0.2, 0) is 0 Å². The van der Waals surface area contributed by atoms with Gasteiger partial charge >= 0.3 is 12.2 Å². The van der Waals surface area contributed by atoms with Gasteiger partial charge in [-0.25, -0.2) is 4.79 Å². The molecular weight excluding hydrogens is 185 g/mol. The third-order valence-corrected chi connectivity index (χ3v) is 1.54. The minimum Gasteiger partial charge on any atom is -0.328 e. The van der Waals surface area contributed by atoms with Gasteiger partial charge in [-0.15, -0.1) is 0 Å². The Balaban J connectivity index is 4.12. The summed E-state index contributed by atoms with van der Waals surface area (Å²) >= 11 is 0. The normalized spacial score (nSPS) is 11.2. The zero-order chi connectivity index (χ0) is 10.6. The second-order valence-electron chi connectivity index (χ2n) is 2.77. The van der Waals surface area contributed by atoms with Crippen LogP contribution in [0.4, 0.5) is 18.0 Å². The molecule has 78 valence electrons. The molecule has 0 aliphatic rings. The fraction of sp³-hybridized carbons (Fsp3) is 0.857. The van der Waals surface area contributed by atoms with E-state index in [0.717, 1.165) is 7.05 Å². The summed E-state index contributed by atoms with van der Waals surface area (Å²) in [5, 5.41) is 0. The summed E-state index contributed by atoms with van der Waals surface area (Å²) in [5.74, 6) is 0. The summed E-state index contributed by atoms with van der Waals surface area (Å²) in [6.45, 7) is 0.872. The summed E-state index contributed by atoms with van der Waals surface area (Å²) in [6, 6.07) is -0.625. The van der Waals surface area contributed by atoms with Crippen LogP contribution in [0.5, 0.6) is 0 Å². The maximum atomic E-state index is 11.8. The van der Waals surface area contributed by atoms with Gasteiger partial charge in [0.05, 0.1) is 0 Å². The number of alkyl halides is 3. The Labute approximate surface area is 75.1 Å². The highest BCUT2D eigenvalue weighted by atomic mass is 19.4. The maximum absolute atomic E-state index is 11.8. The first-order chi connectivity index (χ1) is 5.78. The predicted molar refractivity (Wildman–Crippen MR) is 42.4 cm³/mol. The Morgan fingerprint density at radius 1 is 1.23 bits per heavy atom. The van der Waals surface area contributed by atoms with Gasteiger partial charge in [-0.3, -0.25) is 0 Å². The molecule has 0 bridgehead atoms. The van der Waals surface area contributed by atoms with Crippen molar-refractivity contribution >= 4 is 6.03 Å². The van der Waals surface area contributed by atoms with Gasteiger partial charge in [0.25, 0.3) is 0 Å². The number of hydrogen-bond acceptors (Lipinski definition) is 1. The van der Waals surface area contributed by atoms with Crippen LogP contribution in [-0.4, -0.2) is 49.2 Å². The molecule has 3 nitrogen and oxygen atoms in total. The van der Waals surface area contributed by atoms with Gasteiger partial charge in [0.1, 0.15) is 6.54 Å². The third kappa shape index (κ3) is 4.59. The van der Waals surface area contributed by atoms with E-state index in [1.54, 1.807) is 6.92 Å². The topological polar surface area (TPSA) is 23.6 Å². The van der Waals surface area contributed by atoms with Crippen molar-refractivity contribution < 1.29 is 18.0 Å². The fourth-order valence-corrected chi connectivity index (χ4v) is 0.763. The van der Waals surface area contributed by atoms with Crippen LogP contribution in [0.25, 0.3) is 0 Å². The summed E-state index contributed by atoms with van der Waals surface area (Å²) in [7, 11) is 2.58. The largest absolute Gasteiger partial charge is 0.406 e. The second-order valence-corrected chi connectivity index (χ2v) is 2.77. The van der Waals surface area contributed by atoms with E-state index in [9.17, 15) is 18.0 Å². The van der Waals surface area contributed by atoms with Crippen LogP contribution < -0.4 is 0 Å². The number of carbonyl (C=O) groups is 1. The highest BCUT2D eigenvalue weighted by Crippen LogP contribution is 2.15. The Bertz CT molecular complexity index is 181. The van der Waals surface area contributed by atoms with Crippen molar-refractivity contribution in [1.82, 2.24) is 9.80 Å². The molecular formula is C7H13F3N2O. The zero-order valence-electron chi connectivity index (χ0n) is 7.85. The van der Waals surface area contributed by atoms with E-state index >= 15 is 0 Å². The third-order valence-electron chi connectivity index (χ3n) is 1.54. The van der Waals surface area contributed by atoms with Crippen molar-refractivity contribution in [2.24, 2.45) is 0 Å². The average molecular weight is 198 g/mol. The van der Waals surface area contributed by atoms with Gasteiger partial charge in [0, 0.05) is 20.6 Å². The van der Waals surface area contributed by atoms with Crippen LogP contribution >= 0.6 is 0 Å². The summed E-state index contributed by atoms with van der Waals surface area (Å²) < 4.78 is 35.5. The Morgan fingerprint density at radius 3 is 2.00 bits per heavy atom. The Kier molecular flexibility index (Phi) is 4.03. The molecule has 0 rings (SSSR count). The monoisotopic (exact) mass is 198 g/mol. The van der Waals surface area contributed by atoms with Crippen molar-refractivity contribution in [2.75, 3.05) is 27.2 Å². The number of nitrogens with zero attached hydrogens (tertiary/aromatic N) is 2. The van der Waals surface area contributed by atoms with Gasteiger partial charge in [0.2, 0.25) is 0 Å². The van der Waals surface area contributed by atoms with E-state index < -0.39 is 18.8 Å². The number of carbonyl (C=O) groups excluding carboxylic acids is 1. The molecule has 0 aromatic rings. The van der Waals surface area contributed by atoms with Crippen molar-refractivity contribution in [1.29, 1.82) is 0 Å². The van der Waals surface area contributed by atoms with E-state index in [1.165, 1.54) is 11.9 Å². The first-order valence-electron chi connectivity index (χ1n) is 3.81. The molecule has 0 spiro atoms. The molecule has 0 atom stereocenters. The lowest BCUT2D eigenvalue weighted by atomic mass is 10.5. The Morgan fingerprint density at radius 2 is 1.69 bits per heavy atom. The average Bonchev–Trinajstić information content (AvgIpc) is 1.98. The van der Waals surface area contributed by atoms with Gasteiger partial charge in [-0.05, 0) is 6.92 Å². The fourth-order valence-electron chi connectivity index (χ4n) is 0.763. The number of rotatable bonds is 2. The number of halogens is 3. The molecule has 0 N–H and O–H groups in total. The molecule has 13 heavy (non-hydrogen) atoms. The van der Waals surface area contributed by atoms with Crippen molar-refractivity contribution in [3.05, 3.63) is 0 Å². The van der Waals surface area contributed by atoms with Crippen molar-refractivity contribution in [3.63, 3.8) is 0 Å². The summed E-state index contributed by atoms with van der Waals surface area (Å²) in [5.41, 5.74) is 0. The van der Waals surface area contributed by atoms with Crippen LogP contribution in [0.1, 0.15) is 6.92 Å². The maximum Gasteiger partial charge on any atom is 0.406 e. The second kappa shape index (κ2) is 4.34. The van der Waals surface area contributed by atoms with Gasteiger partial charge in [0.15, 0.2) is 0 Å². The van der Waals surface area contributed by atoms with E-state index in [0.29, 0.717) is 11.4 Å². The predicted octanol–water partition coefficient (Wildman–Crippen LogP) is 1.55. The van der Waals surface area contributed by atoms with Crippen LogP contribution in [0, 0.1) is 0 Å². The van der Waals surface area contributed by atoms with Crippen molar-refractivity contribution in [2.45, 2.75) is 13.1 Å². The van der Waals surface area contributed by atoms with E-state index in [1.807, 2.05) is 0 Å². The lowest BCUT2D eigenvalue weighted by Crippen LogP contribution is -2.43. The molecule has 2 amide bonds. The van der Waals surface area contributed by atoms with Gasteiger partial charge < -0.3 is 9.80 Å². The highest BCUT2D eigenvalue weighted by molar-refractivity contribution is 5.73. The molecule has 6 heteroatoms. The molecule has 0 fully saturated rings. The van der Waals surface area contributed by atoms with Crippen molar-refractivity contribution in [3.8, 4) is 0 Å². The highest BCUT2D eigenvalue weighted by Gasteiger charge is 2.31. The van der Waals surface area contributed by atoms with E-state index in [-0.39, 0.29) is 0 Å². The van der Waals surface area contributed by atoms with E-state index in [4.69, 9.17) is 0 Å². The molecule has 0 aliphatic carbocycles. The minimum absolute atomic E-state index is 0.390. The standard InChI is InChI=1S/C7H13F3N2O/c1-4-11(2)6(13)12(3)5-7(8,9)10/h4-5H2,1-3H3. The lowest BCUT2D eigenvalue weighted by Gasteiger charge is -2.24. The summed E-state index contributed by atoms with van der Waals surface area (Å²) in [4.78, 5) is 13.0. The number of amides is 2. The summed E-state index contributed by atoms with van der Waals surface area (Å²) in [6.07, 6.45) is -4.33. The molecule has 0 heterocycles. The number of hydrogen-bond donors (Lipinski definition) is 0. The minimum atomic E-state index is -4.33. The molecule has 0 unspecified atom stereocenters. The van der Waals surface area contributed by atoms with Crippen LogP contribution in [0.2, 0.25) is 0 Å². The zero-order valence-corrected chi connectivity index (χ0v) is 7.85. The molecule has 0 aromatic heterocycles. The van der Waals surface area contributed by atoms with Crippen LogP contribution in [0.3, 0.4) is 0 Å². The van der Waals surface area contributed by atoms with Gasteiger partial charge in [-0.1, -0.05) is 0 Å². The van der Waals surface area contributed by atoms with Crippen LogP contribution in [0.15, 0.2) is 0 Å². The SMILES string of the molecule is CCN(C)C(=O)N(C)CC(F)(F)F.